The van der Waals surface area contributed by atoms with E-state index in [1.54, 1.807) is 13.3 Å². The minimum atomic E-state index is 0.0699. The van der Waals surface area contributed by atoms with E-state index in [0.717, 1.165) is 50.4 Å². The van der Waals surface area contributed by atoms with Crippen molar-refractivity contribution in [2.45, 2.75) is 19.9 Å². The molecule has 6 nitrogen and oxygen atoms in total. The van der Waals surface area contributed by atoms with E-state index >= 15 is 0 Å². The van der Waals surface area contributed by atoms with Gasteiger partial charge in [-0.05, 0) is 31.0 Å². The molecule has 1 aliphatic rings. The van der Waals surface area contributed by atoms with Gasteiger partial charge in [-0.25, -0.2) is 4.98 Å². The summed E-state index contributed by atoms with van der Waals surface area (Å²) in [5.74, 6) is 0.698. The monoisotopic (exact) mass is 340 g/mol. The Bertz CT molecular complexity index is 700. The topological polar surface area (TPSA) is 58.6 Å². The lowest BCUT2D eigenvalue weighted by Gasteiger charge is -2.22. The molecule has 1 aliphatic heterocycles. The third kappa shape index (κ3) is 4.54. The van der Waals surface area contributed by atoms with Gasteiger partial charge in [0, 0.05) is 56.9 Å². The maximum atomic E-state index is 12.6. The molecule has 0 aromatic carbocycles. The summed E-state index contributed by atoms with van der Waals surface area (Å²) in [5, 5.41) is 0. The fraction of sp³-hybridized carbons (Fsp3) is 0.421. The van der Waals surface area contributed by atoms with Crippen LogP contribution in [0.3, 0.4) is 0 Å². The number of pyridine rings is 2. The number of carbonyl (C=O) groups is 1. The van der Waals surface area contributed by atoms with E-state index in [4.69, 9.17) is 4.74 Å². The van der Waals surface area contributed by atoms with Gasteiger partial charge in [0.15, 0.2) is 0 Å². The average Bonchev–Trinajstić information content (AvgIpc) is 2.88. The molecule has 0 unspecified atom stereocenters. The van der Waals surface area contributed by atoms with Crippen molar-refractivity contribution >= 4 is 5.91 Å². The minimum absolute atomic E-state index is 0.0699. The number of aromatic nitrogens is 2. The average molecular weight is 340 g/mol. The normalized spacial score (nSPS) is 15.7. The predicted octanol–water partition coefficient (Wildman–Crippen LogP) is 2.14. The van der Waals surface area contributed by atoms with E-state index in [1.807, 2.05) is 42.3 Å². The van der Waals surface area contributed by atoms with Crippen LogP contribution in [0.5, 0.6) is 5.88 Å². The van der Waals surface area contributed by atoms with Crippen LogP contribution in [0.15, 0.2) is 36.7 Å². The molecule has 2 aromatic rings. The first kappa shape index (κ1) is 17.4. The maximum Gasteiger partial charge on any atom is 0.255 e. The Balaban J connectivity index is 1.57. The Morgan fingerprint density at radius 3 is 2.64 bits per heavy atom. The van der Waals surface area contributed by atoms with Crippen LogP contribution in [0, 0.1) is 6.92 Å². The zero-order valence-electron chi connectivity index (χ0n) is 14.8. The van der Waals surface area contributed by atoms with Crippen LogP contribution in [0.4, 0.5) is 0 Å². The summed E-state index contributed by atoms with van der Waals surface area (Å²) < 4.78 is 5.09. The number of nitrogens with zero attached hydrogens (tertiary/aromatic N) is 4. The highest BCUT2D eigenvalue weighted by atomic mass is 16.5. The number of ether oxygens (including phenoxy) is 1. The molecular weight excluding hydrogens is 316 g/mol. The molecule has 0 radical (unpaired) electrons. The van der Waals surface area contributed by atoms with Crippen molar-refractivity contribution in [1.29, 1.82) is 0 Å². The van der Waals surface area contributed by atoms with Crippen LogP contribution < -0.4 is 4.74 Å². The predicted molar refractivity (Wildman–Crippen MR) is 95.6 cm³/mol. The zero-order chi connectivity index (χ0) is 17.6. The molecule has 0 atom stereocenters. The molecule has 1 saturated heterocycles. The van der Waals surface area contributed by atoms with E-state index in [2.05, 4.69) is 14.9 Å². The molecule has 0 saturated carbocycles. The summed E-state index contributed by atoms with van der Waals surface area (Å²) in [4.78, 5) is 25.4. The molecule has 0 spiro atoms. The van der Waals surface area contributed by atoms with E-state index in [-0.39, 0.29) is 5.91 Å². The van der Waals surface area contributed by atoms with Crippen molar-refractivity contribution in [2.75, 3.05) is 33.3 Å². The van der Waals surface area contributed by atoms with Crippen LogP contribution in [-0.4, -0.2) is 59.0 Å². The second kappa shape index (κ2) is 8.07. The highest BCUT2D eigenvalue weighted by Gasteiger charge is 2.20. The first-order valence-electron chi connectivity index (χ1n) is 8.59. The van der Waals surface area contributed by atoms with Crippen molar-refractivity contribution < 1.29 is 9.53 Å². The first-order chi connectivity index (χ1) is 12.2. The number of hydrogen-bond acceptors (Lipinski definition) is 5. The molecule has 25 heavy (non-hydrogen) atoms. The SMILES string of the molecule is COc1ccc(CN2CCCN(C(=O)c3ccc(C)nc3)CC2)cn1. The van der Waals surface area contributed by atoms with Gasteiger partial charge >= 0.3 is 0 Å². The van der Waals surface area contributed by atoms with Crippen LogP contribution in [0.2, 0.25) is 0 Å². The van der Waals surface area contributed by atoms with Crippen molar-refractivity contribution in [2.24, 2.45) is 0 Å². The van der Waals surface area contributed by atoms with Crippen molar-refractivity contribution in [3.63, 3.8) is 0 Å². The van der Waals surface area contributed by atoms with E-state index in [9.17, 15) is 4.79 Å². The van der Waals surface area contributed by atoms with Crippen LogP contribution >= 0.6 is 0 Å². The fourth-order valence-corrected chi connectivity index (χ4v) is 2.99. The lowest BCUT2D eigenvalue weighted by atomic mass is 10.2. The second-order valence-corrected chi connectivity index (χ2v) is 6.32. The summed E-state index contributed by atoms with van der Waals surface area (Å²) in [6.45, 7) is 6.11. The zero-order valence-corrected chi connectivity index (χ0v) is 14.8. The molecule has 132 valence electrons. The van der Waals surface area contributed by atoms with Gasteiger partial charge in [-0.1, -0.05) is 6.07 Å². The van der Waals surface area contributed by atoms with Gasteiger partial charge in [0.1, 0.15) is 0 Å². The number of aryl methyl sites for hydroxylation is 1. The second-order valence-electron chi connectivity index (χ2n) is 6.32. The Labute approximate surface area is 148 Å². The van der Waals surface area contributed by atoms with Crippen LogP contribution in [0.25, 0.3) is 0 Å². The van der Waals surface area contributed by atoms with Crippen molar-refractivity contribution in [3.8, 4) is 5.88 Å². The fourth-order valence-electron chi connectivity index (χ4n) is 2.99. The summed E-state index contributed by atoms with van der Waals surface area (Å²) in [5.41, 5.74) is 2.74. The Hall–Kier alpha value is -2.47. The third-order valence-electron chi connectivity index (χ3n) is 4.45. The molecule has 0 bridgehead atoms. The van der Waals surface area contributed by atoms with Crippen molar-refractivity contribution in [1.82, 2.24) is 19.8 Å². The van der Waals surface area contributed by atoms with Gasteiger partial charge in [-0.3, -0.25) is 14.7 Å². The molecular formula is C19H24N4O2. The van der Waals surface area contributed by atoms with E-state index in [1.165, 1.54) is 0 Å². The van der Waals surface area contributed by atoms with E-state index < -0.39 is 0 Å². The van der Waals surface area contributed by atoms with Gasteiger partial charge in [-0.2, -0.15) is 0 Å². The third-order valence-corrected chi connectivity index (χ3v) is 4.45. The molecule has 6 heteroatoms. The van der Waals surface area contributed by atoms with Gasteiger partial charge < -0.3 is 9.64 Å². The summed E-state index contributed by atoms with van der Waals surface area (Å²) in [7, 11) is 1.62. The smallest absolute Gasteiger partial charge is 0.255 e. The molecule has 1 fully saturated rings. The van der Waals surface area contributed by atoms with Gasteiger partial charge in [0.2, 0.25) is 5.88 Å². The molecule has 3 heterocycles. The quantitative estimate of drug-likeness (QED) is 0.853. The molecule has 0 aliphatic carbocycles. The van der Waals surface area contributed by atoms with Crippen LogP contribution in [-0.2, 0) is 6.54 Å². The summed E-state index contributed by atoms with van der Waals surface area (Å²) in [6.07, 6.45) is 4.49. The van der Waals surface area contributed by atoms with Gasteiger partial charge in [-0.15, -0.1) is 0 Å². The Morgan fingerprint density at radius 1 is 1.08 bits per heavy atom. The molecule has 0 N–H and O–H groups in total. The number of amides is 1. The van der Waals surface area contributed by atoms with Gasteiger partial charge in [0.05, 0.1) is 12.7 Å². The maximum absolute atomic E-state index is 12.6. The first-order valence-corrected chi connectivity index (χ1v) is 8.59. The highest BCUT2D eigenvalue weighted by molar-refractivity contribution is 5.93. The largest absolute Gasteiger partial charge is 0.481 e. The number of carbonyl (C=O) groups excluding carboxylic acids is 1. The summed E-state index contributed by atoms with van der Waals surface area (Å²) in [6, 6.07) is 7.66. The lowest BCUT2D eigenvalue weighted by Crippen LogP contribution is -2.35. The Morgan fingerprint density at radius 2 is 1.96 bits per heavy atom. The van der Waals surface area contributed by atoms with Crippen molar-refractivity contribution in [3.05, 3.63) is 53.5 Å². The lowest BCUT2D eigenvalue weighted by molar-refractivity contribution is 0.0760. The minimum Gasteiger partial charge on any atom is -0.481 e. The summed E-state index contributed by atoms with van der Waals surface area (Å²) >= 11 is 0. The molecule has 3 rings (SSSR count). The number of hydrogen-bond donors (Lipinski definition) is 0. The van der Waals surface area contributed by atoms with Gasteiger partial charge in [0.25, 0.3) is 5.91 Å². The molecule has 1 amide bonds. The number of rotatable bonds is 4. The van der Waals surface area contributed by atoms with E-state index in [0.29, 0.717) is 11.4 Å². The molecule has 2 aromatic heterocycles. The Kier molecular flexibility index (Phi) is 5.60. The van der Waals surface area contributed by atoms with Crippen LogP contribution in [0.1, 0.15) is 28.0 Å². The standard InChI is InChI=1S/C19H24N4O2/c1-15-4-6-17(13-20-15)19(24)23-9-3-8-22(10-11-23)14-16-5-7-18(25-2)21-12-16/h4-7,12-13H,3,8-11,14H2,1-2H3. The number of methoxy groups -OCH3 is 1. The highest BCUT2D eigenvalue weighted by Crippen LogP contribution is 2.13.